The molecule has 0 aromatic carbocycles. The summed E-state index contributed by atoms with van der Waals surface area (Å²) in [5.41, 5.74) is -0.706. The van der Waals surface area contributed by atoms with E-state index in [4.69, 9.17) is 4.52 Å². The number of hydrogen-bond donors (Lipinski definition) is 1. The van der Waals surface area contributed by atoms with E-state index in [1.54, 1.807) is 13.8 Å². The monoisotopic (exact) mass is 213 g/mol. The lowest BCUT2D eigenvalue weighted by molar-refractivity contribution is 0.0397. The fraction of sp³-hybridized carbons (Fsp3) is 0.800. The zero-order valence-electron chi connectivity index (χ0n) is 9.82. The van der Waals surface area contributed by atoms with Crippen molar-refractivity contribution in [2.24, 2.45) is 0 Å². The van der Waals surface area contributed by atoms with E-state index in [0.29, 0.717) is 19.0 Å². The number of hydrogen-bond acceptors (Lipinski definition) is 5. The van der Waals surface area contributed by atoms with Gasteiger partial charge in [-0.05, 0) is 20.9 Å². The molecule has 1 aromatic heterocycles. The van der Waals surface area contributed by atoms with Gasteiger partial charge in [-0.1, -0.05) is 12.1 Å². The minimum absolute atomic E-state index is 0.566. The Hall–Kier alpha value is -0.940. The van der Waals surface area contributed by atoms with Crippen LogP contribution in [0.4, 0.5) is 0 Å². The van der Waals surface area contributed by atoms with Gasteiger partial charge in [0.15, 0.2) is 5.82 Å². The lowest BCUT2D eigenvalue weighted by Gasteiger charge is -2.23. The minimum atomic E-state index is -0.706. The van der Waals surface area contributed by atoms with Crippen LogP contribution in [0.15, 0.2) is 4.52 Å². The third-order valence-corrected chi connectivity index (χ3v) is 1.89. The fourth-order valence-corrected chi connectivity index (χ4v) is 1.45. The van der Waals surface area contributed by atoms with Crippen LogP contribution in [0.25, 0.3) is 0 Å². The topological polar surface area (TPSA) is 62.4 Å². The van der Waals surface area contributed by atoms with E-state index < -0.39 is 5.60 Å². The van der Waals surface area contributed by atoms with Crippen LogP contribution in [-0.4, -0.2) is 39.3 Å². The standard InChI is InChI=1S/C10H19N3O2/c1-5-8-11-9(15-12-8)6-13(4)7-10(2,3)14/h14H,5-7H2,1-4H3. The molecule has 0 amide bonds. The zero-order valence-corrected chi connectivity index (χ0v) is 9.82. The molecule has 0 radical (unpaired) electrons. The van der Waals surface area contributed by atoms with Gasteiger partial charge >= 0.3 is 0 Å². The summed E-state index contributed by atoms with van der Waals surface area (Å²) in [5, 5.41) is 13.4. The third kappa shape index (κ3) is 4.40. The van der Waals surface area contributed by atoms with Gasteiger partial charge < -0.3 is 9.63 Å². The Labute approximate surface area is 90.1 Å². The van der Waals surface area contributed by atoms with E-state index in [1.165, 1.54) is 0 Å². The van der Waals surface area contributed by atoms with Crippen molar-refractivity contribution in [2.75, 3.05) is 13.6 Å². The van der Waals surface area contributed by atoms with Crippen molar-refractivity contribution >= 4 is 0 Å². The van der Waals surface area contributed by atoms with Gasteiger partial charge in [-0.3, -0.25) is 4.90 Å². The molecule has 1 rings (SSSR count). The Morgan fingerprint density at radius 2 is 2.13 bits per heavy atom. The molecule has 15 heavy (non-hydrogen) atoms. The van der Waals surface area contributed by atoms with Crippen LogP contribution in [0.3, 0.4) is 0 Å². The van der Waals surface area contributed by atoms with Gasteiger partial charge in [-0.25, -0.2) is 0 Å². The summed E-state index contributed by atoms with van der Waals surface area (Å²) < 4.78 is 5.06. The number of aryl methyl sites for hydroxylation is 1. The average Bonchev–Trinajstić information content (AvgIpc) is 2.48. The molecule has 0 aliphatic heterocycles. The van der Waals surface area contributed by atoms with Crippen LogP contribution in [0.1, 0.15) is 32.5 Å². The molecule has 0 unspecified atom stereocenters. The van der Waals surface area contributed by atoms with Gasteiger partial charge in [0.1, 0.15) is 0 Å². The molecular weight excluding hydrogens is 194 g/mol. The fourth-order valence-electron chi connectivity index (χ4n) is 1.45. The molecular formula is C10H19N3O2. The van der Waals surface area contributed by atoms with Crippen molar-refractivity contribution in [3.63, 3.8) is 0 Å². The van der Waals surface area contributed by atoms with Crippen LogP contribution >= 0.6 is 0 Å². The molecule has 0 bridgehead atoms. The maximum Gasteiger partial charge on any atom is 0.240 e. The molecule has 0 saturated carbocycles. The Balaban J connectivity index is 2.47. The zero-order chi connectivity index (χ0) is 11.5. The summed E-state index contributed by atoms with van der Waals surface area (Å²) in [6.45, 7) is 6.66. The molecule has 0 aliphatic rings. The summed E-state index contributed by atoms with van der Waals surface area (Å²) in [4.78, 5) is 6.15. The molecule has 86 valence electrons. The summed E-state index contributed by atoms with van der Waals surface area (Å²) in [6.07, 6.45) is 0.776. The first-order chi connectivity index (χ1) is 6.90. The van der Waals surface area contributed by atoms with Gasteiger partial charge in [-0.2, -0.15) is 4.98 Å². The van der Waals surface area contributed by atoms with Crippen LogP contribution in [0.5, 0.6) is 0 Å². The molecule has 1 aromatic rings. The van der Waals surface area contributed by atoms with Crippen LogP contribution < -0.4 is 0 Å². The quantitative estimate of drug-likeness (QED) is 0.785. The lowest BCUT2D eigenvalue weighted by atomic mass is 10.1. The van der Waals surface area contributed by atoms with Crippen molar-refractivity contribution in [1.82, 2.24) is 15.0 Å². The Morgan fingerprint density at radius 3 is 2.60 bits per heavy atom. The molecule has 0 atom stereocenters. The summed E-state index contributed by atoms with van der Waals surface area (Å²) in [5.74, 6) is 1.32. The first kappa shape index (κ1) is 12.1. The Kier molecular flexibility index (Phi) is 3.82. The molecule has 0 fully saturated rings. The largest absolute Gasteiger partial charge is 0.389 e. The average molecular weight is 213 g/mol. The Bertz CT molecular complexity index is 304. The maximum atomic E-state index is 9.61. The highest BCUT2D eigenvalue weighted by Gasteiger charge is 2.17. The third-order valence-electron chi connectivity index (χ3n) is 1.89. The number of likely N-dealkylation sites (N-methyl/N-ethyl adjacent to an activating group) is 1. The summed E-state index contributed by atoms with van der Waals surface area (Å²) >= 11 is 0. The highest BCUT2D eigenvalue weighted by atomic mass is 16.5. The minimum Gasteiger partial charge on any atom is -0.389 e. The Morgan fingerprint density at radius 1 is 1.47 bits per heavy atom. The number of nitrogens with zero attached hydrogens (tertiary/aromatic N) is 3. The molecule has 1 heterocycles. The first-order valence-corrected chi connectivity index (χ1v) is 5.13. The van der Waals surface area contributed by atoms with Crippen molar-refractivity contribution < 1.29 is 9.63 Å². The normalized spacial score (nSPS) is 12.4. The predicted octanol–water partition coefficient (Wildman–Crippen LogP) is 0.835. The van der Waals surface area contributed by atoms with Gasteiger partial charge in [0, 0.05) is 13.0 Å². The van der Waals surface area contributed by atoms with E-state index in [9.17, 15) is 5.11 Å². The van der Waals surface area contributed by atoms with Crippen molar-refractivity contribution in [2.45, 2.75) is 39.3 Å². The highest BCUT2D eigenvalue weighted by Crippen LogP contribution is 2.07. The van der Waals surface area contributed by atoms with E-state index >= 15 is 0 Å². The van der Waals surface area contributed by atoms with Crippen molar-refractivity contribution in [1.29, 1.82) is 0 Å². The van der Waals surface area contributed by atoms with Crippen LogP contribution in [0, 0.1) is 0 Å². The van der Waals surface area contributed by atoms with E-state index in [-0.39, 0.29) is 0 Å². The molecule has 1 N–H and O–H groups in total. The number of aromatic nitrogens is 2. The smallest absolute Gasteiger partial charge is 0.240 e. The molecule has 0 saturated heterocycles. The predicted molar refractivity (Wildman–Crippen MR) is 56.3 cm³/mol. The molecule has 5 nitrogen and oxygen atoms in total. The van der Waals surface area contributed by atoms with Crippen LogP contribution in [-0.2, 0) is 13.0 Å². The van der Waals surface area contributed by atoms with Crippen molar-refractivity contribution in [3.05, 3.63) is 11.7 Å². The second-order valence-electron chi connectivity index (χ2n) is 4.44. The van der Waals surface area contributed by atoms with Gasteiger partial charge in [0.2, 0.25) is 5.89 Å². The second kappa shape index (κ2) is 4.72. The molecule has 5 heteroatoms. The number of rotatable bonds is 5. The number of aliphatic hydroxyl groups is 1. The van der Waals surface area contributed by atoms with E-state index in [0.717, 1.165) is 12.2 Å². The van der Waals surface area contributed by atoms with E-state index in [2.05, 4.69) is 10.1 Å². The van der Waals surface area contributed by atoms with Gasteiger partial charge in [0.05, 0.1) is 12.1 Å². The SMILES string of the molecule is CCc1noc(CN(C)CC(C)(C)O)n1. The van der Waals surface area contributed by atoms with Crippen molar-refractivity contribution in [3.8, 4) is 0 Å². The summed E-state index contributed by atoms with van der Waals surface area (Å²) in [6, 6.07) is 0. The van der Waals surface area contributed by atoms with Gasteiger partial charge in [0.25, 0.3) is 0 Å². The molecule has 0 spiro atoms. The second-order valence-corrected chi connectivity index (χ2v) is 4.44. The first-order valence-electron chi connectivity index (χ1n) is 5.13. The van der Waals surface area contributed by atoms with Gasteiger partial charge in [-0.15, -0.1) is 0 Å². The van der Waals surface area contributed by atoms with E-state index in [1.807, 2.05) is 18.9 Å². The maximum absolute atomic E-state index is 9.61. The van der Waals surface area contributed by atoms with Crippen LogP contribution in [0.2, 0.25) is 0 Å². The molecule has 0 aliphatic carbocycles. The highest BCUT2D eigenvalue weighted by molar-refractivity contribution is 4.85. The summed E-state index contributed by atoms with van der Waals surface area (Å²) in [7, 11) is 1.91. The lowest BCUT2D eigenvalue weighted by Crippen LogP contribution is -2.35.